The van der Waals surface area contributed by atoms with E-state index in [9.17, 15) is 24.3 Å². The first kappa shape index (κ1) is 23.6. The molecule has 2 saturated heterocycles. The highest BCUT2D eigenvalue weighted by atomic mass is 32.2. The number of nitrogens with zero attached hydrogens (tertiary/aromatic N) is 2. The number of aliphatic hydroxyl groups excluding tert-OH is 1. The topological polar surface area (TPSA) is 113 Å². The highest BCUT2D eigenvalue weighted by Crippen LogP contribution is 2.52. The van der Waals surface area contributed by atoms with Crippen LogP contribution in [-0.2, 0) is 28.7 Å². The van der Waals surface area contributed by atoms with Crippen molar-refractivity contribution in [1.82, 2.24) is 9.80 Å². The number of fused-ring (bicyclic) bond motifs is 1. The number of esters is 2. The lowest BCUT2D eigenvalue weighted by atomic mass is 9.79. The summed E-state index contributed by atoms with van der Waals surface area (Å²) in [4.78, 5) is 53.2. The quantitative estimate of drug-likeness (QED) is 0.361. The minimum Gasteiger partial charge on any atom is -0.427 e. The molecule has 3 aliphatic rings. The molecule has 1 N–H and O–H groups in total. The molecule has 0 aliphatic carbocycles. The Bertz CT molecular complexity index is 832. The molecule has 3 aliphatic heterocycles. The molecule has 10 heteroatoms. The molecule has 3 heterocycles. The van der Waals surface area contributed by atoms with Gasteiger partial charge in [-0.05, 0) is 27.7 Å². The Morgan fingerprint density at radius 2 is 1.90 bits per heavy atom. The predicted molar refractivity (Wildman–Crippen MR) is 112 cm³/mol. The zero-order valence-corrected chi connectivity index (χ0v) is 19.5. The van der Waals surface area contributed by atoms with E-state index in [2.05, 4.69) is 0 Å². The third-order valence-electron chi connectivity index (χ3n) is 5.89. The van der Waals surface area contributed by atoms with E-state index in [1.54, 1.807) is 39.6 Å². The highest BCUT2D eigenvalue weighted by molar-refractivity contribution is 8.03. The number of carbonyl (C=O) groups excluding carboxylic acids is 4. The maximum absolute atomic E-state index is 12.9. The van der Waals surface area contributed by atoms with Crippen LogP contribution in [0.3, 0.4) is 0 Å². The fraction of sp³-hybridized carbons (Fsp3) is 0.714. The number of carbonyl (C=O) groups is 4. The van der Waals surface area contributed by atoms with Gasteiger partial charge in [-0.3, -0.25) is 14.4 Å². The second-order valence-corrected chi connectivity index (χ2v) is 10.8. The largest absolute Gasteiger partial charge is 0.427 e. The maximum Gasteiger partial charge on any atom is 0.358 e. The van der Waals surface area contributed by atoms with Crippen LogP contribution in [0.4, 0.5) is 0 Å². The maximum atomic E-state index is 12.9. The van der Waals surface area contributed by atoms with E-state index >= 15 is 0 Å². The molecular formula is C21H30N2O7S. The van der Waals surface area contributed by atoms with Crippen LogP contribution in [0.15, 0.2) is 10.6 Å². The van der Waals surface area contributed by atoms with Gasteiger partial charge in [-0.25, -0.2) is 4.79 Å². The van der Waals surface area contributed by atoms with Crippen molar-refractivity contribution < 1.29 is 33.8 Å². The van der Waals surface area contributed by atoms with Gasteiger partial charge in [-0.2, -0.15) is 0 Å². The molecule has 0 aromatic carbocycles. The van der Waals surface area contributed by atoms with Crippen molar-refractivity contribution >= 4 is 35.5 Å². The van der Waals surface area contributed by atoms with Crippen LogP contribution in [-0.4, -0.2) is 76.4 Å². The van der Waals surface area contributed by atoms with Crippen molar-refractivity contribution in [1.29, 1.82) is 0 Å². The summed E-state index contributed by atoms with van der Waals surface area (Å²) in [6.45, 7) is 8.52. The zero-order valence-electron chi connectivity index (χ0n) is 18.7. The van der Waals surface area contributed by atoms with Gasteiger partial charge in [-0.15, -0.1) is 11.8 Å². The fourth-order valence-electron chi connectivity index (χ4n) is 4.17. The summed E-state index contributed by atoms with van der Waals surface area (Å²) in [5.41, 5.74) is -0.614. The number of β-lactam (4-membered cyclic amide) rings is 1. The summed E-state index contributed by atoms with van der Waals surface area (Å²) in [5.74, 6) is -2.36. The van der Waals surface area contributed by atoms with Gasteiger partial charge in [0.25, 0.3) is 0 Å². The molecule has 172 valence electrons. The van der Waals surface area contributed by atoms with E-state index in [4.69, 9.17) is 9.47 Å². The molecule has 31 heavy (non-hydrogen) atoms. The number of ether oxygens (including phenoxy) is 2. The molecule has 0 radical (unpaired) electrons. The van der Waals surface area contributed by atoms with Gasteiger partial charge in [0.1, 0.15) is 5.70 Å². The van der Waals surface area contributed by atoms with Gasteiger partial charge in [0.05, 0.1) is 23.5 Å². The summed E-state index contributed by atoms with van der Waals surface area (Å²) >= 11 is 1.41. The molecule has 0 aromatic heterocycles. The van der Waals surface area contributed by atoms with Gasteiger partial charge in [0, 0.05) is 36.1 Å². The zero-order chi connectivity index (χ0) is 23.2. The third-order valence-corrected chi connectivity index (χ3v) is 7.36. The van der Waals surface area contributed by atoms with E-state index in [1.165, 1.54) is 16.7 Å². The summed E-state index contributed by atoms with van der Waals surface area (Å²) < 4.78 is 10.2. The second kappa shape index (κ2) is 8.46. The smallest absolute Gasteiger partial charge is 0.358 e. The van der Waals surface area contributed by atoms with E-state index < -0.39 is 36.2 Å². The Kier molecular flexibility index (Phi) is 6.44. The minimum atomic E-state index is -0.843. The third kappa shape index (κ3) is 4.32. The first-order valence-corrected chi connectivity index (χ1v) is 11.2. The van der Waals surface area contributed by atoms with Crippen LogP contribution in [0, 0.1) is 17.3 Å². The number of amides is 2. The average molecular weight is 455 g/mol. The standard InChI is InChI=1S/C21H30N2O7S/c1-10-15-14(11(2)24)18(26)23(15)16(17(10)31-12-7-13(25)22(6)8-12)19(27)29-9-30-20(28)21(3,4)5/h10-12,14-15,24H,7-9H2,1-6H3/t10-,11-,12+,14-,15-/m1/s1. The number of rotatable bonds is 6. The molecule has 3 rings (SSSR count). The Labute approximate surface area is 186 Å². The van der Waals surface area contributed by atoms with E-state index in [-0.39, 0.29) is 34.7 Å². The van der Waals surface area contributed by atoms with Gasteiger partial charge in [-0.1, -0.05) is 6.92 Å². The van der Waals surface area contributed by atoms with Crippen molar-refractivity contribution in [3.8, 4) is 0 Å². The summed E-state index contributed by atoms with van der Waals surface area (Å²) in [6.07, 6.45) is -0.494. The van der Waals surface area contributed by atoms with Crippen molar-refractivity contribution in [2.45, 2.75) is 58.4 Å². The molecule has 2 fully saturated rings. The van der Waals surface area contributed by atoms with Crippen molar-refractivity contribution in [2.75, 3.05) is 20.4 Å². The van der Waals surface area contributed by atoms with E-state index in [0.717, 1.165) is 0 Å². The lowest BCUT2D eigenvalue weighted by Gasteiger charge is -2.46. The number of likely N-dealkylation sites (tertiary alicyclic amines) is 1. The highest BCUT2D eigenvalue weighted by Gasteiger charge is 2.60. The molecule has 0 unspecified atom stereocenters. The molecule has 0 bridgehead atoms. The SMILES string of the molecule is C[C@@H](O)[C@H]1C(=O)N2C(C(=O)OCOC(=O)C(C)(C)C)=C(S[C@H]3CC(=O)N(C)C3)[C@H](C)[C@H]12. The van der Waals surface area contributed by atoms with Crippen LogP contribution in [0.2, 0.25) is 0 Å². The molecule has 0 spiro atoms. The van der Waals surface area contributed by atoms with Crippen molar-refractivity contribution in [3.63, 3.8) is 0 Å². The minimum absolute atomic E-state index is 0.0307. The summed E-state index contributed by atoms with van der Waals surface area (Å²) in [7, 11) is 1.73. The second-order valence-electron chi connectivity index (χ2n) is 9.42. The Balaban J connectivity index is 1.80. The molecular weight excluding hydrogens is 424 g/mol. The molecule has 0 aromatic rings. The Morgan fingerprint density at radius 3 is 2.42 bits per heavy atom. The van der Waals surface area contributed by atoms with E-state index in [1.807, 2.05) is 6.92 Å². The monoisotopic (exact) mass is 454 g/mol. The first-order valence-electron chi connectivity index (χ1n) is 10.3. The Hall–Kier alpha value is -2.07. The summed E-state index contributed by atoms with van der Waals surface area (Å²) in [5, 5.41) is 10.0. The number of aliphatic hydroxyl groups is 1. The van der Waals surface area contributed by atoms with Crippen molar-refractivity contribution in [2.24, 2.45) is 17.3 Å². The number of thioether (sulfide) groups is 1. The normalized spacial score (nSPS) is 29.1. The van der Waals surface area contributed by atoms with Gasteiger partial charge in [0.15, 0.2) is 0 Å². The van der Waals surface area contributed by atoms with Crippen LogP contribution in [0.1, 0.15) is 41.0 Å². The number of hydrogen-bond acceptors (Lipinski definition) is 8. The molecule has 2 amide bonds. The van der Waals surface area contributed by atoms with E-state index in [0.29, 0.717) is 17.9 Å². The fourth-order valence-corrected chi connectivity index (χ4v) is 5.70. The lowest BCUT2D eigenvalue weighted by Crippen LogP contribution is -2.63. The molecule has 5 atom stereocenters. The van der Waals surface area contributed by atoms with Crippen LogP contribution < -0.4 is 0 Å². The lowest BCUT2D eigenvalue weighted by molar-refractivity contribution is -0.175. The molecule has 0 saturated carbocycles. The van der Waals surface area contributed by atoms with Crippen LogP contribution in [0.25, 0.3) is 0 Å². The van der Waals surface area contributed by atoms with Gasteiger partial charge in [0.2, 0.25) is 18.6 Å². The van der Waals surface area contributed by atoms with Gasteiger partial charge >= 0.3 is 11.9 Å². The van der Waals surface area contributed by atoms with Crippen LogP contribution >= 0.6 is 11.8 Å². The average Bonchev–Trinajstić information content (AvgIpc) is 3.08. The summed E-state index contributed by atoms with van der Waals surface area (Å²) in [6, 6.07) is -0.343. The Morgan fingerprint density at radius 1 is 1.26 bits per heavy atom. The molecule has 9 nitrogen and oxygen atoms in total. The number of hydrogen-bond donors (Lipinski definition) is 1. The van der Waals surface area contributed by atoms with Gasteiger partial charge < -0.3 is 24.4 Å². The first-order chi connectivity index (χ1) is 14.3. The predicted octanol–water partition coefficient (Wildman–Crippen LogP) is 1.11. The van der Waals surface area contributed by atoms with Crippen LogP contribution in [0.5, 0.6) is 0 Å². The van der Waals surface area contributed by atoms with Crippen molar-refractivity contribution in [3.05, 3.63) is 10.6 Å².